The molecule has 2 heterocycles. The Morgan fingerprint density at radius 2 is 1.50 bits per heavy atom. The molecule has 136 valence electrons. The number of hydrogen-bond acceptors (Lipinski definition) is 3. The Kier molecular flexibility index (Phi) is 4.81. The number of thiophene rings is 1. The van der Waals surface area contributed by atoms with Crippen molar-refractivity contribution in [2.24, 2.45) is 0 Å². The van der Waals surface area contributed by atoms with Gasteiger partial charge in [0.2, 0.25) is 0 Å². The highest BCUT2D eigenvalue weighted by atomic mass is 32.1. The van der Waals surface area contributed by atoms with Crippen molar-refractivity contribution in [2.45, 2.75) is 32.6 Å². The van der Waals surface area contributed by atoms with E-state index in [1.54, 1.807) is 0 Å². The molecule has 1 aliphatic heterocycles. The van der Waals surface area contributed by atoms with Gasteiger partial charge in [0.05, 0.1) is 4.88 Å². The van der Waals surface area contributed by atoms with Crippen molar-refractivity contribution in [3.8, 4) is 0 Å². The van der Waals surface area contributed by atoms with E-state index >= 15 is 0 Å². The van der Waals surface area contributed by atoms with Crippen LogP contribution in [-0.2, 0) is 12.8 Å². The molecule has 2 aromatic rings. The van der Waals surface area contributed by atoms with Crippen molar-refractivity contribution >= 4 is 23.2 Å². The van der Waals surface area contributed by atoms with Crippen LogP contribution in [0.25, 0.3) is 0 Å². The van der Waals surface area contributed by atoms with Gasteiger partial charge in [-0.25, -0.2) is 0 Å². The zero-order valence-electron chi connectivity index (χ0n) is 15.2. The van der Waals surface area contributed by atoms with Gasteiger partial charge in [-0.15, -0.1) is 11.3 Å². The fourth-order valence-corrected chi connectivity index (χ4v) is 4.70. The second-order valence-corrected chi connectivity index (χ2v) is 8.47. The lowest BCUT2D eigenvalue weighted by atomic mass is 9.90. The number of nitrogens with zero attached hydrogens (tertiary/aromatic N) is 2. The summed E-state index contributed by atoms with van der Waals surface area (Å²) in [6.45, 7) is 4.42. The maximum Gasteiger partial charge on any atom is 0.264 e. The highest BCUT2D eigenvalue weighted by Crippen LogP contribution is 2.23. The van der Waals surface area contributed by atoms with E-state index in [2.05, 4.69) is 12.1 Å². The van der Waals surface area contributed by atoms with Crippen LogP contribution in [0.2, 0.25) is 0 Å². The molecule has 1 aromatic heterocycles. The number of carbonyl (C=O) groups excluding carboxylic acids is 2. The summed E-state index contributed by atoms with van der Waals surface area (Å²) in [6.07, 6.45) is 4.68. The molecule has 4 nitrogen and oxygen atoms in total. The van der Waals surface area contributed by atoms with E-state index in [4.69, 9.17) is 0 Å². The lowest BCUT2D eigenvalue weighted by Crippen LogP contribution is -2.50. The summed E-state index contributed by atoms with van der Waals surface area (Å²) >= 11 is 1.53. The zero-order valence-corrected chi connectivity index (χ0v) is 16.0. The van der Waals surface area contributed by atoms with Gasteiger partial charge in [-0.3, -0.25) is 9.59 Å². The summed E-state index contributed by atoms with van der Waals surface area (Å²) in [7, 11) is 0. The summed E-state index contributed by atoms with van der Waals surface area (Å²) in [5, 5.41) is 0. The lowest BCUT2D eigenvalue weighted by Gasteiger charge is -2.34. The molecular weight excluding hydrogens is 344 g/mol. The van der Waals surface area contributed by atoms with E-state index in [0.29, 0.717) is 26.2 Å². The Hall–Kier alpha value is -2.14. The van der Waals surface area contributed by atoms with E-state index in [1.165, 1.54) is 35.3 Å². The molecule has 0 saturated carbocycles. The molecule has 0 N–H and O–H groups in total. The quantitative estimate of drug-likeness (QED) is 0.814. The minimum Gasteiger partial charge on any atom is -0.335 e. The van der Waals surface area contributed by atoms with Gasteiger partial charge in [0.25, 0.3) is 11.8 Å². The van der Waals surface area contributed by atoms with Crippen LogP contribution in [0.5, 0.6) is 0 Å². The zero-order chi connectivity index (χ0) is 18.1. The van der Waals surface area contributed by atoms with Gasteiger partial charge < -0.3 is 9.80 Å². The van der Waals surface area contributed by atoms with E-state index in [-0.39, 0.29) is 11.8 Å². The number of fused-ring (bicyclic) bond motifs is 1. The molecule has 26 heavy (non-hydrogen) atoms. The predicted octanol–water partition coefficient (Wildman–Crippen LogP) is 3.53. The molecule has 1 fully saturated rings. The summed E-state index contributed by atoms with van der Waals surface area (Å²) in [5.74, 6) is 0.182. The summed E-state index contributed by atoms with van der Waals surface area (Å²) in [5.41, 5.74) is 3.53. The van der Waals surface area contributed by atoms with Crippen molar-refractivity contribution in [2.75, 3.05) is 26.2 Å². The van der Waals surface area contributed by atoms with E-state index in [9.17, 15) is 9.59 Å². The molecule has 0 bridgehead atoms. The Morgan fingerprint density at radius 1 is 0.846 bits per heavy atom. The predicted molar refractivity (Wildman–Crippen MR) is 104 cm³/mol. The molecule has 0 atom stereocenters. The maximum absolute atomic E-state index is 12.9. The molecule has 5 heteroatoms. The van der Waals surface area contributed by atoms with Crippen molar-refractivity contribution in [1.29, 1.82) is 0 Å². The second-order valence-electron chi connectivity index (χ2n) is 7.19. The fraction of sp³-hybridized carbons (Fsp3) is 0.429. The number of rotatable bonds is 2. The smallest absolute Gasteiger partial charge is 0.264 e. The molecule has 1 aliphatic carbocycles. The number of piperazine rings is 1. The number of benzene rings is 1. The largest absolute Gasteiger partial charge is 0.335 e. The molecule has 1 aromatic carbocycles. The van der Waals surface area contributed by atoms with Crippen molar-refractivity contribution < 1.29 is 9.59 Å². The van der Waals surface area contributed by atoms with Crippen LogP contribution in [0.3, 0.4) is 0 Å². The highest BCUT2D eigenvalue weighted by Gasteiger charge is 2.26. The molecular formula is C21H24N2O2S. The third-order valence-corrected chi connectivity index (χ3v) is 6.39. The third-order valence-electron chi connectivity index (χ3n) is 5.40. The van der Waals surface area contributed by atoms with E-state index in [1.807, 2.05) is 34.9 Å². The van der Waals surface area contributed by atoms with Gasteiger partial charge in [0.15, 0.2) is 0 Å². The number of aryl methyl sites for hydroxylation is 3. The Morgan fingerprint density at radius 3 is 2.15 bits per heavy atom. The molecule has 0 unspecified atom stereocenters. The first-order chi connectivity index (χ1) is 12.6. The second kappa shape index (κ2) is 7.23. The molecule has 2 amide bonds. The van der Waals surface area contributed by atoms with Gasteiger partial charge in [0.1, 0.15) is 0 Å². The fourth-order valence-electron chi connectivity index (χ4n) is 3.87. The van der Waals surface area contributed by atoms with Crippen LogP contribution in [0.4, 0.5) is 0 Å². The topological polar surface area (TPSA) is 40.6 Å². The van der Waals surface area contributed by atoms with Crippen LogP contribution in [0.15, 0.2) is 30.3 Å². The maximum atomic E-state index is 12.9. The molecule has 4 rings (SSSR count). The van der Waals surface area contributed by atoms with Crippen molar-refractivity contribution in [3.63, 3.8) is 0 Å². The van der Waals surface area contributed by atoms with Crippen molar-refractivity contribution in [3.05, 3.63) is 56.8 Å². The average Bonchev–Trinajstić information content (AvgIpc) is 3.13. The van der Waals surface area contributed by atoms with Crippen LogP contribution < -0.4 is 0 Å². The SMILES string of the molecule is Cc1ccc(C(=O)N2CCN(C(=O)c3ccc4c(c3)CCCC4)CC2)s1. The minimum absolute atomic E-state index is 0.0870. The molecule has 0 radical (unpaired) electrons. The summed E-state index contributed by atoms with van der Waals surface area (Å²) in [6, 6.07) is 10.1. The highest BCUT2D eigenvalue weighted by molar-refractivity contribution is 7.13. The molecule has 1 saturated heterocycles. The number of hydrogen-bond donors (Lipinski definition) is 0. The lowest BCUT2D eigenvalue weighted by molar-refractivity contribution is 0.0538. The summed E-state index contributed by atoms with van der Waals surface area (Å²) in [4.78, 5) is 31.1. The standard InChI is InChI=1S/C21H24N2O2S/c1-15-6-9-19(26-15)21(25)23-12-10-22(11-13-23)20(24)18-8-7-16-4-2-3-5-17(16)14-18/h6-9,14H,2-5,10-13H2,1H3. The Labute approximate surface area is 158 Å². The van der Waals surface area contributed by atoms with Gasteiger partial charge in [0, 0.05) is 36.6 Å². The normalized spacial score (nSPS) is 17.1. The van der Waals surface area contributed by atoms with Gasteiger partial charge >= 0.3 is 0 Å². The van der Waals surface area contributed by atoms with Crippen LogP contribution in [0.1, 0.15) is 48.9 Å². The van der Waals surface area contributed by atoms with E-state index < -0.39 is 0 Å². The Bertz CT molecular complexity index is 834. The van der Waals surface area contributed by atoms with Crippen LogP contribution in [-0.4, -0.2) is 47.8 Å². The molecule has 2 aliphatic rings. The van der Waals surface area contributed by atoms with Gasteiger partial charge in [-0.1, -0.05) is 6.07 Å². The van der Waals surface area contributed by atoms with Crippen LogP contribution >= 0.6 is 11.3 Å². The third kappa shape index (κ3) is 3.40. The van der Waals surface area contributed by atoms with E-state index in [0.717, 1.165) is 28.2 Å². The first-order valence-electron chi connectivity index (χ1n) is 9.38. The molecule has 0 spiro atoms. The number of amides is 2. The monoisotopic (exact) mass is 368 g/mol. The van der Waals surface area contributed by atoms with Crippen molar-refractivity contribution in [1.82, 2.24) is 9.80 Å². The summed E-state index contributed by atoms with van der Waals surface area (Å²) < 4.78 is 0. The van der Waals surface area contributed by atoms with Crippen LogP contribution in [0, 0.1) is 6.92 Å². The average molecular weight is 369 g/mol. The minimum atomic E-state index is 0.0870. The van der Waals surface area contributed by atoms with Gasteiger partial charge in [-0.2, -0.15) is 0 Å². The first-order valence-corrected chi connectivity index (χ1v) is 10.2. The first kappa shape index (κ1) is 17.3. The number of carbonyl (C=O) groups is 2. The van der Waals surface area contributed by atoms with Gasteiger partial charge in [-0.05, 0) is 68.0 Å². The Balaban J connectivity index is 1.40.